The van der Waals surface area contributed by atoms with Crippen molar-refractivity contribution in [3.8, 4) is 11.5 Å². The first kappa shape index (κ1) is 22.9. The molecular weight excluding hydrogens is 420 g/mol. The molecule has 1 atom stereocenters. The number of carbonyl (C=O) groups is 1. The van der Waals surface area contributed by atoms with E-state index in [1.807, 2.05) is 46.1 Å². The van der Waals surface area contributed by atoms with Gasteiger partial charge in [0, 0.05) is 6.54 Å². The van der Waals surface area contributed by atoms with Crippen molar-refractivity contribution < 1.29 is 18.7 Å². The van der Waals surface area contributed by atoms with Crippen LogP contribution < -0.4 is 14.9 Å². The Hall–Kier alpha value is -3.32. The van der Waals surface area contributed by atoms with E-state index >= 15 is 0 Å². The van der Waals surface area contributed by atoms with E-state index in [2.05, 4.69) is 4.90 Å². The number of para-hydroxylation sites is 1. The molecule has 0 bridgehead atoms. The van der Waals surface area contributed by atoms with Gasteiger partial charge in [-0.3, -0.25) is 9.59 Å². The zero-order valence-corrected chi connectivity index (χ0v) is 19.6. The molecule has 0 unspecified atom stereocenters. The van der Waals surface area contributed by atoms with Crippen LogP contribution in [0.15, 0.2) is 51.7 Å². The van der Waals surface area contributed by atoms with Crippen LogP contribution in [0.5, 0.6) is 11.5 Å². The zero-order chi connectivity index (χ0) is 23.5. The lowest BCUT2D eigenvalue weighted by atomic mass is 9.98. The quantitative estimate of drug-likeness (QED) is 0.489. The van der Waals surface area contributed by atoms with Gasteiger partial charge in [0.15, 0.2) is 16.9 Å². The van der Waals surface area contributed by atoms with Gasteiger partial charge in [0.05, 0.1) is 30.2 Å². The molecule has 0 fully saturated rings. The second-order valence-corrected chi connectivity index (χ2v) is 8.30. The van der Waals surface area contributed by atoms with Gasteiger partial charge < -0.3 is 23.7 Å². The maximum Gasteiger partial charge on any atom is 0.290 e. The van der Waals surface area contributed by atoms with Crippen molar-refractivity contribution in [2.45, 2.75) is 26.3 Å². The molecule has 1 amide bonds. The minimum atomic E-state index is -0.551. The first-order valence-corrected chi connectivity index (χ1v) is 11.4. The van der Waals surface area contributed by atoms with Crippen molar-refractivity contribution in [1.82, 2.24) is 9.80 Å². The fraction of sp³-hybridized carbons (Fsp3) is 0.385. The van der Waals surface area contributed by atoms with Crippen LogP contribution in [0, 0.1) is 0 Å². The van der Waals surface area contributed by atoms with Gasteiger partial charge in [-0.15, -0.1) is 0 Å². The Morgan fingerprint density at radius 3 is 2.45 bits per heavy atom. The molecular formula is C26H30N2O5. The lowest BCUT2D eigenvalue weighted by Gasteiger charge is -2.26. The minimum absolute atomic E-state index is 0.125. The molecule has 174 valence electrons. The number of amides is 1. The average Bonchev–Trinajstić information content (AvgIpc) is 3.07. The lowest BCUT2D eigenvalue weighted by molar-refractivity contribution is 0.0722. The van der Waals surface area contributed by atoms with Gasteiger partial charge in [-0.2, -0.15) is 0 Å². The molecule has 0 spiro atoms. The van der Waals surface area contributed by atoms with Crippen LogP contribution in [0.1, 0.15) is 48.0 Å². The molecule has 4 rings (SSSR count). The van der Waals surface area contributed by atoms with E-state index in [9.17, 15) is 9.59 Å². The molecule has 0 aliphatic carbocycles. The molecule has 2 aromatic carbocycles. The lowest BCUT2D eigenvalue weighted by Crippen LogP contribution is -2.32. The summed E-state index contributed by atoms with van der Waals surface area (Å²) in [7, 11) is 3.99. The number of rotatable bonds is 9. The minimum Gasteiger partial charge on any atom is -0.490 e. The van der Waals surface area contributed by atoms with E-state index in [0.29, 0.717) is 47.8 Å². The van der Waals surface area contributed by atoms with Gasteiger partial charge in [0.25, 0.3) is 5.91 Å². The summed E-state index contributed by atoms with van der Waals surface area (Å²) < 4.78 is 17.5. The molecule has 2 heterocycles. The Morgan fingerprint density at radius 1 is 1.00 bits per heavy atom. The number of fused-ring (bicyclic) bond motifs is 2. The number of benzene rings is 2. The Bertz CT molecular complexity index is 1220. The van der Waals surface area contributed by atoms with Gasteiger partial charge in [-0.25, -0.2) is 0 Å². The van der Waals surface area contributed by atoms with Crippen molar-refractivity contribution in [3.05, 3.63) is 69.6 Å². The molecule has 0 saturated carbocycles. The molecule has 1 aliphatic heterocycles. The van der Waals surface area contributed by atoms with Crippen molar-refractivity contribution in [1.29, 1.82) is 0 Å². The van der Waals surface area contributed by atoms with E-state index in [4.69, 9.17) is 13.9 Å². The summed E-state index contributed by atoms with van der Waals surface area (Å²) in [6.07, 6.45) is 0.770. The number of ether oxygens (including phenoxy) is 2. The topological polar surface area (TPSA) is 72.2 Å². The molecule has 33 heavy (non-hydrogen) atoms. The molecule has 3 aromatic rings. The molecule has 7 nitrogen and oxygen atoms in total. The van der Waals surface area contributed by atoms with Gasteiger partial charge in [0.2, 0.25) is 5.76 Å². The first-order valence-electron chi connectivity index (χ1n) is 11.4. The van der Waals surface area contributed by atoms with Crippen LogP contribution >= 0.6 is 0 Å². The van der Waals surface area contributed by atoms with Crippen LogP contribution in [0.4, 0.5) is 0 Å². The van der Waals surface area contributed by atoms with Crippen LogP contribution in [0.2, 0.25) is 0 Å². The van der Waals surface area contributed by atoms with Crippen LogP contribution in [-0.2, 0) is 0 Å². The molecule has 7 heteroatoms. The van der Waals surface area contributed by atoms with Gasteiger partial charge >= 0.3 is 0 Å². The van der Waals surface area contributed by atoms with Gasteiger partial charge in [-0.05, 0) is 70.7 Å². The van der Waals surface area contributed by atoms with Crippen LogP contribution in [-0.4, -0.2) is 56.1 Å². The fourth-order valence-corrected chi connectivity index (χ4v) is 4.34. The third-order valence-corrected chi connectivity index (χ3v) is 5.76. The van der Waals surface area contributed by atoms with Crippen molar-refractivity contribution >= 4 is 16.9 Å². The largest absolute Gasteiger partial charge is 0.490 e. The Balaban J connectivity index is 1.86. The highest BCUT2D eigenvalue weighted by molar-refractivity contribution is 5.99. The van der Waals surface area contributed by atoms with E-state index < -0.39 is 6.04 Å². The molecule has 0 N–H and O–H groups in total. The number of nitrogens with zero attached hydrogens (tertiary/aromatic N) is 2. The smallest absolute Gasteiger partial charge is 0.290 e. The van der Waals surface area contributed by atoms with E-state index in [0.717, 1.165) is 18.5 Å². The van der Waals surface area contributed by atoms with Gasteiger partial charge in [0.1, 0.15) is 5.58 Å². The SMILES string of the molecule is CCOc1ccc([C@H]2c3c(oc4ccccc4c3=O)C(=O)N2CCCN(C)C)cc1OCC. The summed E-state index contributed by atoms with van der Waals surface area (Å²) in [6.45, 7) is 6.13. The Morgan fingerprint density at radius 2 is 1.73 bits per heavy atom. The van der Waals surface area contributed by atoms with Gasteiger partial charge in [-0.1, -0.05) is 18.2 Å². The maximum atomic E-state index is 13.6. The van der Waals surface area contributed by atoms with Crippen LogP contribution in [0.3, 0.4) is 0 Å². The molecule has 1 aliphatic rings. The second kappa shape index (κ2) is 9.67. The highest BCUT2D eigenvalue weighted by atomic mass is 16.5. The Labute approximate surface area is 193 Å². The highest BCUT2D eigenvalue weighted by Crippen LogP contribution is 2.41. The second-order valence-electron chi connectivity index (χ2n) is 8.30. The first-order chi connectivity index (χ1) is 16.0. The Kier molecular flexibility index (Phi) is 6.70. The third-order valence-electron chi connectivity index (χ3n) is 5.76. The van der Waals surface area contributed by atoms with E-state index in [1.54, 1.807) is 29.2 Å². The number of hydrogen-bond donors (Lipinski definition) is 0. The summed E-state index contributed by atoms with van der Waals surface area (Å²) in [6, 6.07) is 12.1. The molecule has 0 saturated heterocycles. The van der Waals surface area contributed by atoms with Crippen LogP contribution in [0.25, 0.3) is 11.0 Å². The monoisotopic (exact) mass is 450 g/mol. The average molecular weight is 451 g/mol. The summed E-state index contributed by atoms with van der Waals surface area (Å²) >= 11 is 0. The summed E-state index contributed by atoms with van der Waals surface area (Å²) in [5.74, 6) is 1.09. The maximum absolute atomic E-state index is 13.6. The molecule has 1 aromatic heterocycles. The summed E-state index contributed by atoms with van der Waals surface area (Å²) in [5.41, 5.74) is 1.42. The van der Waals surface area contributed by atoms with E-state index in [1.165, 1.54) is 0 Å². The number of hydrogen-bond acceptors (Lipinski definition) is 6. The molecule has 0 radical (unpaired) electrons. The predicted octanol–water partition coefficient (Wildman–Crippen LogP) is 4.09. The van der Waals surface area contributed by atoms with Crippen molar-refractivity contribution in [2.75, 3.05) is 40.4 Å². The third kappa shape index (κ3) is 4.33. The standard InChI is InChI=1S/C26H30N2O5/c1-5-31-20-13-12-17(16-21(20)32-6-2)23-22-24(29)18-10-7-8-11-19(18)33-25(22)26(30)28(23)15-9-14-27(3)4/h7-8,10-13,16,23H,5-6,9,14-15H2,1-4H3/t23-/m0/s1. The number of carbonyl (C=O) groups excluding carboxylic acids is 1. The zero-order valence-electron chi connectivity index (χ0n) is 19.6. The normalized spacial score (nSPS) is 15.4. The fourth-order valence-electron chi connectivity index (χ4n) is 4.34. The summed E-state index contributed by atoms with van der Waals surface area (Å²) in [5, 5.41) is 0.472. The van der Waals surface area contributed by atoms with Crippen molar-refractivity contribution in [2.24, 2.45) is 0 Å². The summed E-state index contributed by atoms with van der Waals surface area (Å²) in [4.78, 5) is 30.8. The van der Waals surface area contributed by atoms with Crippen molar-refractivity contribution in [3.63, 3.8) is 0 Å². The van der Waals surface area contributed by atoms with E-state index in [-0.39, 0.29) is 17.1 Å². The highest BCUT2D eigenvalue weighted by Gasteiger charge is 2.42. The predicted molar refractivity (Wildman–Crippen MR) is 127 cm³/mol.